The Morgan fingerprint density at radius 2 is 1.61 bits per heavy atom. The number of nitrogens with one attached hydrogen (secondary N) is 1. The van der Waals surface area contributed by atoms with E-state index in [1.165, 1.54) is 0 Å². The Labute approximate surface area is 270 Å². The number of amides is 2. The van der Waals surface area contributed by atoms with Crippen molar-refractivity contribution in [1.82, 2.24) is 20.0 Å². The molecule has 3 aromatic rings. The Hall–Kier alpha value is -3.48. The number of imide groups is 1. The molecule has 0 bridgehead atoms. The fourth-order valence-corrected chi connectivity index (χ4v) is 7.46. The molecule has 3 atom stereocenters. The summed E-state index contributed by atoms with van der Waals surface area (Å²) in [5.41, 5.74) is 3.99. The first-order valence-corrected chi connectivity index (χ1v) is 16.5. The highest BCUT2D eigenvalue weighted by atomic mass is 19.1. The lowest BCUT2D eigenvalue weighted by Gasteiger charge is -2.45. The van der Waals surface area contributed by atoms with E-state index in [0.717, 1.165) is 72.6 Å². The van der Waals surface area contributed by atoms with Crippen molar-refractivity contribution in [1.29, 1.82) is 0 Å². The van der Waals surface area contributed by atoms with Crippen LogP contribution < -0.4 is 20.6 Å². The number of anilines is 2. The van der Waals surface area contributed by atoms with Crippen molar-refractivity contribution < 1.29 is 23.3 Å². The van der Waals surface area contributed by atoms with Crippen molar-refractivity contribution >= 4 is 46.7 Å². The molecular formula is C34H44BFN6O4. The summed E-state index contributed by atoms with van der Waals surface area (Å²) in [6.45, 7) is 12.5. The number of carbonyl (C=O) groups excluding carboxylic acids is 2. The van der Waals surface area contributed by atoms with Crippen molar-refractivity contribution in [2.75, 3.05) is 49.1 Å². The lowest BCUT2D eigenvalue weighted by molar-refractivity contribution is -0.134. The third-order valence-electron chi connectivity index (χ3n) is 10.9. The fraction of sp³-hybridized carbons (Fsp3) is 0.559. The van der Waals surface area contributed by atoms with E-state index >= 15 is 4.39 Å². The Kier molecular flexibility index (Phi) is 7.88. The molecule has 1 unspecified atom stereocenters. The lowest BCUT2D eigenvalue weighted by Crippen LogP contribution is -2.58. The third-order valence-corrected chi connectivity index (χ3v) is 10.9. The van der Waals surface area contributed by atoms with Gasteiger partial charge in [-0.1, -0.05) is 24.3 Å². The Bertz CT molecular complexity index is 1620. The number of para-hydroxylation sites is 1. The van der Waals surface area contributed by atoms with E-state index < -0.39 is 30.4 Å². The van der Waals surface area contributed by atoms with Crippen molar-refractivity contribution in [3.8, 4) is 0 Å². The number of nitrogens with zero attached hydrogens (tertiary/aromatic N) is 5. The number of benzene rings is 2. The average Bonchev–Trinajstić information content (AvgIpc) is 3.48. The van der Waals surface area contributed by atoms with Crippen LogP contribution >= 0.6 is 0 Å². The second kappa shape index (κ2) is 11.6. The maximum absolute atomic E-state index is 15.8. The second-order valence-electron chi connectivity index (χ2n) is 14.2. The monoisotopic (exact) mass is 630 g/mol. The summed E-state index contributed by atoms with van der Waals surface area (Å²) in [5.74, 6) is -0.941. The van der Waals surface area contributed by atoms with E-state index in [1.807, 2.05) is 36.0 Å². The molecule has 244 valence electrons. The summed E-state index contributed by atoms with van der Waals surface area (Å²) >= 11 is 0. The topological polar surface area (TPSA) is 92.2 Å². The maximum atomic E-state index is 15.8. The van der Waals surface area contributed by atoms with Gasteiger partial charge in [0.2, 0.25) is 11.8 Å². The molecule has 12 heteroatoms. The summed E-state index contributed by atoms with van der Waals surface area (Å²) in [6.07, 6.45) is 0.613. The van der Waals surface area contributed by atoms with Gasteiger partial charge in [-0.2, -0.15) is 5.10 Å². The van der Waals surface area contributed by atoms with Crippen LogP contribution in [-0.4, -0.2) is 96.3 Å². The molecule has 7 rings (SSSR count). The van der Waals surface area contributed by atoms with Crippen molar-refractivity contribution in [2.24, 2.45) is 7.05 Å². The van der Waals surface area contributed by atoms with Crippen LogP contribution in [0.15, 0.2) is 42.5 Å². The minimum atomic E-state index is -0.945. The molecule has 4 fully saturated rings. The normalized spacial score (nSPS) is 27.0. The van der Waals surface area contributed by atoms with E-state index in [4.69, 9.17) is 14.4 Å². The van der Waals surface area contributed by atoms with Gasteiger partial charge in [0.1, 0.15) is 6.17 Å². The van der Waals surface area contributed by atoms with Crippen molar-refractivity contribution in [2.45, 2.75) is 76.3 Å². The zero-order valence-electron chi connectivity index (χ0n) is 27.5. The van der Waals surface area contributed by atoms with Gasteiger partial charge in [-0.05, 0) is 64.2 Å². The largest absolute Gasteiger partial charge is 0.494 e. The molecule has 1 N–H and O–H groups in total. The summed E-state index contributed by atoms with van der Waals surface area (Å²) in [5, 5.41) is 8.16. The zero-order valence-corrected chi connectivity index (χ0v) is 27.5. The van der Waals surface area contributed by atoms with E-state index in [2.05, 4.69) is 65.9 Å². The first kappa shape index (κ1) is 31.1. The summed E-state index contributed by atoms with van der Waals surface area (Å²) < 4.78 is 30.0. The molecular weight excluding hydrogens is 586 g/mol. The smallest absolute Gasteiger partial charge is 0.399 e. The number of alkyl halides is 1. The molecule has 10 nitrogen and oxygen atoms in total. The number of hydrogen-bond donors (Lipinski definition) is 1. The van der Waals surface area contributed by atoms with Gasteiger partial charge in [-0.3, -0.25) is 24.5 Å². The Morgan fingerprint density at radius 1 is 0.913 bits per heavy atom. The Morgan fingerprint density at radius 3 is 2.26 bits per heavy atom. The number of halogens is 1. The number of carbonyl (C=O) groups is 2. The van der Waals surface area contributed by atoms with Crippen LogP contribution in [0, 0.1) is 0 Å². The molecule has 0 aliphatic carbocycles. The van der Waals surface area contributed by atoms with Gasteiger partial charge in [-0.15, -0.1) is 0 Å². The molecule has 5 heterocycles. The van der Waals surface area contributed by atoms with Gasteiger partial charge in [0, 0.05) is 63.3 Å². The predicted octanol–water partition coefficient (Wildman–Crippen LogP) is 3.13. The minimum absolute atomic E-state index is 0.103. The quantitative estimate of drug-likeness (QED) is 0.340. The van der Waals surface area contributed by atoms with E-state index in [1.54, 1.807) is 0 Å². The van der Waals surface area contributed by atoms with Crippen LogP contribution in [0.4, 0.5) is 15.8 Å². The molecule has 4 aliphatic rings. The molecule has 2 amide bonds. The molecule has 46 heavy (non-hydrogen) atoms. The van der Waals surface area contributed by atoms with Crippen molar-refractivity contribution in [3.63, 3.8) is 0 Å². The number of fused-ring (bicyclic) bond motifs is 1. The number of hydrogen-bond acceptors (Lipinski definition) is 8. The number of piperazine rings is 1. The summed E-state index contributed by atoms with van der Waals surface area (Å²) in [4.78, 5) is 31.1. The van der Waals surface area contributed by atoms with Gasteiger partial charge in [-0.25, -0.2) is 4.39 Å². The summed E-state index contributed by atoms with van der Waals surface area (Å²) in [7, 11) is 1.50. The highest BCUT2D eigenvalue weighted by Gasteiger charge is 2.51. The second-order valence-corrected chi connectivity index (χ2v) is 14.2. The first-order chi connectivity index (χ1) is 21.9. The highest BCUT2D eigenvalue weighted by molar-refractivity contribution is 6.62. The molecule has 2 aromatic carbocycles. The maximum Gasteiger partial charge on any atom is 0.494 e. The first-order valence-electron chi connectivity index (χ1n) is 16.5. The average molecular weight is 631 g/mol. The van der Waals surface area contributed by atoms with Gasteiger partial charge < -0.3 is 19.1 Å². The number of rotatable bonds is 5. The van der Waals surface area contributed by atoms with Gasteiger partial charge >= 0.3 is 7.12 Å². The molecule has 4 aliphatic heterocycles. The van der Waals surface area contributed by atoms with Crippen LogP contribution in [0.3, 0.4) is 0 Å². The number of aromatic nitrogens is 2. The lowest BCUT2D eigenvalue weighted by atomic mass is 9.79. The Balaban J connectivity index is 0.974. The minimum Gasteiger partial charge on any atom is -0.399 e. The number of aryl methyl sites for hydroxylation is 1. The van der Waals surface area contributed by atoms with Crippen LogP contribution in [0.5, 0.6) is 0 Å². The molecule has 4 saturated heterocycles. The molecule has 0 spiro atoms. The van der Waals surface area contributed by atoms with Gasteiger partial charge in [0.05, 0.1) is 40.6 Å². The SMILES string of the molecule is Cn1nc(C2CCC(=O)NC2=O)c2cccc(N3CCN([C@H]4CCN(c5ccc(B6OC(C)(C)C(C)(C)O6)cc5)C[C@H]4F)CC3)c21. The standard InChI is InChI=1S/C34H44BFN6O4/c1-33(2)34(3,4)46-35(45-33)22-9-11-23(12-10-22)42-16-15-27(26(36)21-42)40-17-19-41(20-18-40)28-8-6-7-24-30(38-39(5)31(24)28)25-13-14-29(43)37-32(25)44/h6-12,25-27H,13-21H2,1-5H3,(H,37,43,44)/t25?,26-,27+/m1/s1. The van der Waals surface area contributed by atoms with Crippen LogP contribution in [0.2, 0.25) is 0 Å². The molecule has 0 radical (unpaired) electrons. The molecule has 1 aromatic heterocycles. The zero-order chi connectivity index (χ0) is 32.4. The van der Waals surface area contributed by atoms with Gasteiger partial charge in [0.15, 0.2) is 0 Å². The van der Waals surface area contributed by atoms with Crippen molar-refractivity contribution in [3.05, 3.63) is 48.2 Å². The predicted molar refractivity (Wildman–Crippen MR) is 177 cm³/mol. The van der Waals surface area contributed by atoms with Crippen LogP contribution in [0.25, 0.3) is 10.9 Å². The van der Waals surface area contributed by atoms with Crippen LogP contribution in [-0.2, 0) is 25.9 Å². The third kappa shape index (κ3) is 5.48. The number of piperidine rings is 2. The van der Waals surface area contributed by atoms with E-state index in [0.29, 0.717) is 19.4 Å². The van der Waals surface area contributed by atoms with E-state index in [9.17, 15) is 9.59 Å². The van der Waals surface area contributed by atoms with E-state index in [-0.39, 0.29) is 17.9 Å². The highest BCUT2D eigenvalue weighted by Crippen LogP contribution is 2.37. The summed E-state index contributed by atoms with van der Waals surface area (Å²) in [6, 6.07) is 14.2. The van der Waals surface area contributed by atoms with Gasteiger partial charge in [0.25, 0.3) is 0 Å². The fourth-order valence-electron chi connectivity index (χ4n) is 7.46. The van der Waals surface area contributed by atoms with Crippen LogP contribution in [0.1, 0.15) is 58.6 Å². The molecule has 0 saturated carbocycles.